The van der Waals surface area contributed by atoms with Gasteiger partial charge in [0.2, 0.25) is 11.8 Å². The van der Waals surface area contributed by atoms with Crippen molar-refractivity contribution in [3.63, 3.8) is 0 Å². The van der Waals surface area contributed by atoms with Crippen LogP contribution in [0.1, 0.15) is 30.7 Å². The van der Waals surface area contributed by atoms with Crippen molar-refractivity contribution in [3.05, 3.63) is 41.5 Å². The number of sulfone groups is 1. The molecule has 2 aliphatic rings. The van der Waals surface area contributed by atoms with Crippen molar-refractivity contribution in [1.82, 2.24) is 15.1 Å². The van der Waals surface area contributed by atoms with Crippen LogP contribution in [-0.2, 0) is 27.6 Å². The van der Waals surface area contributed by atoms with Crippen LogP contribution in [0, 0.1) is 11.7 Å². The summed E-state index contributed by atoms with van der Waals surface area (Å²) in [4.78, 5) is 14.4. The second-order valence-corrected chi connectivity index (χ2v) is 10.7. The second-order valence-electron chi connectivity index (χ2n) is 7.57. The Kier molecular flexibility index (Phi) is 5.91. The summed E-state index contributed by atoms with van der Waals surface area (Å²) >= 11 is 1.15. The van der Waals surface area contributed by atoms with Gasteiger partial charge >= 0.3 is 0 Å². The molecule has 2 fully saturated rings. The molecule has 1 saturated heterocycles. The fourth-order valence-electron chi connectivity index (χ4n) is 3.48. The maximum atomic E-state index is 14.0. The number of hydrogen-bond acceptors (Lipinski definition) is 7. The molecule has 4 rings (SSSR count). The number of rotatable bonds is 8. The second kappa shape index (κ2) is 8.43. The summed E-state index contributed by atoms with van der Waals surface area (Å²) in [5.41, 5.74) is 0.504. The molecule has 1 aliphatic heterocycles. The number of aromatic nitrogens is 2. The molecule has 1 aromatic carbocycles. The molecule has 0 N–H and O–H groups in total. The van der Waals surface area contributed by atoms with E-state index in [1.54, 1.807) is 23.1 Å². The maximum Gasteiger partial charge on any atom is 0.277 e. The summed E-state index contributed by atoms with van der Waals surface area (Å²) in [5.74, 6) is 0.489. The number of nitrogens with zero attached hydrogens (tertiary/aromatic N) is 3. The van der Waals surface area contributed by atoms with Crippen molar-refractivity contribution in [2.75, 3.05) is 17.3 Å². The van der Waals surface area contributed by atoms with E-state index in [0.29, 0.717) is 24.3 Å². The van der Waals surface area contributed by atoms with Crippen LogP contribution >= 0.6 is 11.8 Å². The third-order valence-electron chi connectivity index (χ3n) is 5.16. The van der Waals surface area contributed by atoms with Crippen molar-refractivity contribution >= 4 is 27.5 Å². The fourth-order valence-corrected chi connectivity index (χ4v) is 6.01. The lowest BCUT2D eigenvalue weighted by Crippen LogP contribution is -2.34. The lowest BCUT2D eigenvalue weighted by molar-refractivity contribution is -0.129. The normalized spacial score (nSPS) is 20.7. The molecule has 0 spiro atoms. The highest BCUT2D eigenvalue weighted by molar-refractivity contribution is 7.99. The van der Waals surface area contributed by atoms with Gasteiger partial charge in [-0.05, 0) is 31.2 Å². The largest absolute Gasteiger partial charge is 0.416 e. The van der Waals surface area contributed by atoms with Crippen LogP contribution in [0.4, 0.5) is 4.39 Å². The van der Waals surface area contributed by atoms with Gasteiger partial charge in [-0.2, -0.15) is 0 Å². The van der Waals surface area contributed by atoms with E-state index >= 15 is 0 Å². The number of amides is 1. The molecule has 156 valence electrons. The molecule has 2 heterocycles. The van der Waals surface area contributed by atoms with E-state index in [1.807, 2.05) is 0 Å². The van der Waals surface area contributed by atoms with Crippen molar-refractivity contribution < 1.29 is 22.0 Å². The Balaban J connectivity index is 1.31. The third kappa shape index (κ3) is 5.36. The molecule has 1 saturated carbocycles. The zero-order valence-corrected chi connectivity index (χ0v) is 17.4. The number of carbonyl (C=O) groups excluding carboxylic acids is 1. The van der Waals surface area contributed by atoms with Crippen molar-refractivity contribution in [3.8, 4) is 0 Å². The molecule has 29 heavy (non-hydrogen) atoms. The molecular formula is C19H22FN3O4S2. The molecule has 1 unspecified atom stereocenters. The van der Waals surface area contributed by atoms with E-state index in [4.69, 9.17) is 4.42 Å². The molecule has 1 aliphatic carbocycles. The van der Waals surface area contributed by atoms with Crippen molar-refractivity contribution in [1.29, 1.82) is 0 Å². The van der Waals surface area contributed by atoms with Gasteiger partial charge < -0.3 is 9.32 Å². The SMILES string of the molecule is O=C(CSc1nnc(CC2CCS(=O)(=O)C2)o1)N(Cc1ccccc1F)C1CC1. The summed E-state index contributed by atoms with van der Waals surface area (Å²) in [6, 6.07) is 6.64. The van der Waals surface area contributed by atoms with Crippen LogP contribution in [-0.4, -0.2) is 52.7 Å². The smallest absolute Gasteiger partial charge is 0.277 e. The Morgan fingerprint density at radius 2 is 2.03 bits per heavy atom. The van der Waals surface area contributed by atoms with Crippen LogP contribution in [0.25, 0.3) is 0 Å². The molecule has 1 amide bonds. The minimum atomic E-state index is -2.94. The molecule has 0 bridgehead atoms. The highest BCUT2D eigenvalue weighted by Crippen LogP contribution is 2.30. The van der Waals surface area contributed by atoms with Crippen LogP contribution in [0.15, 0.2) is 33.9 Å². The monoisotopic (exact) mass is 439 g/mol. The maximum absolute atomic E-state index is 14.0. The predicted octanol–water partition coefficient (Wildman–Crippen LogP) is 2.47. The molecular weight excluding hydrogens is 417 g/mol. The Bertz CT molecular complexity index is 991. The lowest BCUT2D eigenvalue weighted by atomic mass is 10.1. The topological polar surface area (TPSA) is 93.4 Å². The molecule has 7 nitrogen and oxygen atoms in total. The highest BCUT2D eigenvalue weighted by Gasteiger charge is 2.33. The zero-order chi connectivity index (χ0) is 20.4. The Morgan fingerprint density at radius 1 is 1.24 bits per heavy atom. The summed E-state index contributed by atoms with van der Waals surface area (Å²) in [6.45, 7) is 0.252. The third-order valence-corrected chi connectivity index (χ3v) is 7.80. The zero-order valence-electron chi connectivity index (χ0n) is 15.8. The Hall–Kier alpha value is -1.94. The first-order valence-corrected chi connectivity index (χ1v) is 12.4. The van der Waals surface area contributed by atoms with Gasteiger partial charge in [-0.1, -0.05) is 30.0 Å². The van der Waals surface area contributed by atoms with E-state index in [0.717, 1.165) is 24.6 Å². The number of carbonyl (C=O) groups is 1. The van der Waals surface area contributed by atoms with Gasteiger partial charge in [0.25, 0.3) is 5.22 Å². The number of hydrogen-bond donors (Lipinski definition) is 0. The quantitative estimate of drug-likeness (QED) is 0.583. The Morgan fingerprint density at radius 3 is 2.72 bits per heavy atom. The van der Waals surface area contributed by atoms with E-state index in [-0.39, 0.29) is 52.7 Å². The lowest BCUT2D eigenvalue weighted by Gasteiger charge is -2.22. The van der Waals surface area contributed by atoms with Gasteiger partial charge in [0.05, 0.1) is 17.3 Å². The molecule has 10 heteroatoms. The average Bonchev–Trinajstić information content (AvgIpc) is 3.33. The number of halogens is 1. The van der Waals surface area contributed by atoms with Crippen molar-refractivity contribution in [2.24, 2.45) is 5.92 Å². The van der Waals surface area contributed by atoms with Crippen LogP contribution < -0.4 is 0 Å². The summed E-state index contributed by atoms with van der Waals surface area (Å²) < 4.78 is 42.6. The first-order valence-electron chi connectivity index (χ1n) is 9.58. The highest BCUT2D eigenvalue weighted by atomic mass is 32.2. The first kappa shape index (κ1) is 20.3. The van der Waals surface area contributed by atoms with Gasteiger partial charge in [0.15, 0.2) is 9.84 Å². The first-order chi connectivity index (χ1) is 13.9. The van der Waals surface area contributed by atoms with Gasteiger partial charge in [-0.25, -0.2) is 12.8 Å². The predicted molar refractivity (Wildman–Crippen MR) is 105 cm³/mol. The van der Waals surface area contributed by atoms with E-state index in [9.17, 15) is 17.6 Å². The molecule has 0 radical (unpaired) electrons. The molecule has 1 atom stereocenters. The summed E-state index contributed by atoms with van der Waals surface area (Å²) in [5, 5.41) is 8.21. The average molecular weight is 440 g/mol. The van der Waals surface area contributed by atoms with E-state index < -0.39 is 9.84 Å². The molecule has 1 aromatic heterocycles. The minimum Gasteiger partial charge on any atom is -0.416 e. The number of thioether (sulfide) groups is 1. The number of benzene rings is 1. The summed E-state index contributed by atoms with van der Waals surface area (Å²) in [7, 11) is -2.94. The van der Waals surface area contributed by atoms with Gasteiger partial charge in [0.1, 0.15) is 5.82 Å². The van der Waals surface area contributed by atoms with Gasteiger partial charge in [0, 0.05) is 24.6 Å². The van der Waals surface area contributed by atoms with E-state index in [2.05, 4.69) is 10.2 Å². The Labute approximate surface area is 173 Å². The van der Waals surface area contributed by atoms with Gasteiger partial charge in [-0.15, -0.1) is 10.2 Å². The van der Waals surface area contributed by atoms with Crippen LogP contribution in [0.3, 0.4) is 0 Å². The van der Waals surface area contributed by atoms with Crippen LogP contribution in [0.5, 0.6) is 0 Å². The van der Waals surface area contributed by atoms with E-state index in [1.165, 1.54) is 6.07 Å². The van der Waals surface area contributed by atoms with Crippen LogP contribution in [0.2, 0.25) is 0 Å². The standard InChI is InChI=1S/C19H22FN3O4S2/c20-16-4-2-1-3-14(16)10-23(15-5-6-15)18(24)11-28-19-22-21-17(27-19)9-13-7-8-29(25,26)12-13/h1-4,13,15H,5-12H2. The van der Waals surface area contributed by atoms with Crippen molar-refractivity contribution in [2.45, 2.75) is 43.5 Å². The fraction of sp³-hybridized carbons (Fsp3) is 0.526. The summed E-state index contributed by atoms with van der Waals surface area (Å²) in [6.07, 6.45) is 2.90. The minimum absolute atomic E-state index is 0.00561. The van der Waals surface area contributed by atoms with Gasteiger partial charge in [-0.3, -0.25) is 4.79 Å². The molecule has 2 aromatic rings.